The Morgan fingerprint density at radius 1 is 1.09 bits per heavy atom. The molecule has 4 nitrogen and oxygen atoms in total. The van der Waals surface area contributed by atoms with Crippen molar-refractivity contribution in [2.24, 2.45) is 0 Å². The average Bonchev–Trinajstić information content (AvgIpc) is 2.46. The van der Waals surface area contributed by atoms with Crippen molar-refractivity contribution in [2.45, 2.75) is 78.2 Å². The largest absolute Gasteiger partial charge is 0.477 e. The number of rotatable bonds is 10. The van der Waals surface area contributed by atoms with Crippen molar-refractivity contribution in [1.82, 2.24) is 4.57 Å². The van der Waals surface area contributed by atoms with E-state index in [1.165, 1.54) is 38.2 Å². The highest BCUT2D eigenvalue weighted by molar-refractivity contribution is 5.87. The van der Waals surface area contributed by atoms with Crippen molar-refractivity contribution in [3.05, 3.63) is 33.7 Å². The number of pyridine rings is 1. The molecule has 1 aromatic heterocycles. The second kappa shape index (κ2) is 9.44. The van der Waals surface area contributed by atoms with Gasteiger partial charge in [-0.1, -0.05) is 59.3 Å². The van der Waals surface area contributed by atoms with Crippen LogP contribution in [-0.4, -0.2) is 15.6 Å². The molecule has 0 aromatic carbocycles. The first-order valence-corrected chi connectivity index (χ1v) is 8.46. The van der Waals surface area contributed by atoms with Crippen molar-refractivity contribution >= 4 is 5.97 Å². The van der Waals surface area contributed by atoms with Crippen LogP contribution in [-0.2, 0) is 6.54 Å². The predicted molar refractivity (Wildman–Crippen MR) is 89.7 cm³/mol. The SMILES string of the molecule is CCCCCCCCCn1c(C(C)C)ccc(C(=O)O)c1=O. The Morgan fingerprint density at radius 3 is 2.23 bits per heavy atom. The predicted octanol–water partition coefficient (Wildman–Crippen LogP) is 4.42. The summed E-state index contributed by atoms with van der Waals surface area (Å²) in [5, 5.41) is 9.10. The summed E-state index contributed by atoms with van der Waals surface area (Å²) in [6, 6.07) is 3.21. The molecule has 22 heavy (non-hydrogen) atoms. The Labute approximate surface area is 133 Å². The Bertz CT molecular complexity index is 532. The average molecular weight is 307 g/mol. The van der Waals surface area contributed by atoms with Crippen LogP contribution < -0.4 is 5.56 Å². The van der Waals surface area contributed by atoms with Gasteiger partial charge in [0.1, 0.15) is 5.56 Å². The lowest BCUT2D eigenvalue weighted by Gasteiger charge is -2.16. The van der Waals surface area contributed by atoms with Gasteiger partial charge in [0.15, 0.2) is 0 Å². The molecule has 0 atom stereocenters. The number of unbranched alkanes of at least 4 members (excludes halogenated alkanes) is 6. The van der Waals surface area contributed by atoms with E-state index in [1.807, 2.05) is 13.8 Å². The van der Waals surface area contributed by atoms with Crippen LogP contribution in [0.25, 0.3) is 0 Å². The number of aromatic nitrogens is 1. The maximum atomic E-state index is 12.3. The number of hydrogen-bond acceptors (Lipinski definition) is 2. The highest BCUT2D eigenvalue weighted by atomic mass is 16.4. The Morgan fingerprint density at radius 2 is 1.68 bits per heavy atom. The number of hydrogen-bond donors (Lipinski definition) is 1. The van der Waals surface area contributed by atoms with Gasteiger partial charge in [-0.05, 0) is 24.5 Å². The van der Waals surface area contributed by atoms with E-state index in [-0.39, 0.29) is 17.0 Å². The normalized spacial score (nSPS) is 11.1. The second-order valence-electron chi connectivity index (χ2n) is 6.21. The van der Waals surface area contributed by atoms with Crippen LogP contribution in [0.2, 0.25) is 0 Å². The first kappa shape index (κ1) is 18.5. The monoisotopic (exact) mass is 307 g/mol. The third kappa shape index (κ3) is 5.32. The third-order valence-corrected chi connectivity index (χ3v) is 4.02. The molecule has 0 saturated heterocycles. The molecule has 4 heteroatoms. The van der Waals surface area contributed by atoms with Crippen molar-refractivity contribution in [1.29, 1.82) is 0 Å². The van der Waals surface area contributed by atoms with Gasteiger partial charge in [-0.15, -0.1) is 0 Å². The zero-order valence-corrected chi connectivity index (χ0v) is 14.1. The molecule has 0 radical (unpaired) electrons. The summed E-state index contributed by atoms with van der Waals surface area (Å²) in [6.07, 6.45) is 8.26. The zero-order valence-electron chi connectivity index (χ0n) is 14.1. The van der Waals surface area contributed by atoms with Gasteiger partial charge in [0.05, 0.1) is 0 Å². The fraction of sp³-hybridized carbons (Fsp3) is 0.667. The van der Waals surface area contributed by atoms with Gasteiger partial charge in [-0.2, -0.15) is 0 Å². The molecule has 1 rings (SSSR count). The number of aromatic carboxylic acids is 1. The summed E-state index contributed by atoms with van der Waals surface area (Å²) in [5.74, 6) is -0.936. The molecule has 1 N–H and O–H groups in total. The van der Waals surface area contributed by atoms with E-state index < -0.39 is 5.97 Å². The van der Waals surface area contributed by atoms with Crippen LogP contribution >= 0.6 is 0 Å². The van der Waals surface area contributed by atoms with Crippen LogP contribution in [0.1, 0.15) is 87.7 Å². The van der Waals surface area contributed by atoms with E-state index in [4.69, 9.17) is 5.11 Å². The van der Waals surface area contributed by atoms with Crippen LogP contribution in [0.4, 0.5) is 0 Å². The van der Waals surface area contributed by atoms with E-state index >= 15 is 0 Å². The number of nitrogens with zero attached hydrogens (tertiary/aromatic N) is 1. The summed E-state index contributed by atoms with van der Waals surface area (Å²) in [4.78, 5) is 23.4. The Balaban J connectivity index is 2.69. The molecular weight excluding hydrogens is 278 g/mol. The summed E-state index contributed by atoms with van der Waals surface area (Å²) < 4.78 is 1.65. The van der Waals surface area contributed by atoms with Gasteiger partial charge in [-0.3, -0.25) is 4.79 Å². The molecule has 0 unspecified atom stereocenters. The van der Waals surface area contributed by atoms with E-state index in [0.717, 1.165) is 18.5 Å². The van der Waals surface area contributed by atoms with Crippen LogP contribution in [0.3, 0.4) is 0 Å². The minimum absolute atomic E-state index is 0.132. The number of carboxylic acid groups (broad SMARTS) is 1. The van der Waals surface area contributed by atoms with Crippen molar-refractivity contribution in [3.63, 3.8) is 0 Å². The molecule has 0 bridgehead atoms. The smallest absolute Gasteiger partial charge is 0.341 e. The number of carbonyl (C=O) groups is 1. The molecule has 0 saturated carbocycles. The van der Waals surface area contributed by atoms with Gasteiger partial charge >= 0.3 is 5.97 Å². The van der Waals surface area contributed by atoms with E-state index in [2.05, 4.69) is 6.92 Å². The van der Waals surface area contributed by atoms with E-state index in [1.54, 1.807) is 10.6 Å². The van der Waals surface area contributed by atoms with E-state index in [0.29, 0.717) is 6.54 Å². The highest BCUT2D eigenvalue weighted by Gasteiger charge is 2.15. The summed E-state index contributed by atoms with van der Waals surface area (Å²) >= 11 is 0. The molecule has 0 aliphatic rings. The second-order valence-corrected chi connectivity index (χ2v) is 6.21. The molecule has 124 valence electrons. The van der Waals surface area contributed by atoms with Gasteiger partial charge in [0.25, 0.3) is 5.56 Å². The zero-order chi connectivity index (χ0) is 16.5. The molecule has 0 fully saturated rings. The lowest BCUT2D eigenvalue weighted by atomic mass is 10.1. The van der Waals surface area contributed by atoms with Crippen molar-refractivity contribution < 1.29 is 9.90 Å². The summed E-state index contributed by atoms with van der Waals surface area (Å²) in [7, 11) is 0. The van der Waals surface area contributed by atoms with Crippen LogP contribution in [0, 0.1) is 0 Å². The fourth-order valence-corrected chi connectivity index (χ4v) is 2.72. The topological polar surface area (TPSA) is 59.3 Å². The highest BCUT2D eigenvalue weighted by Crippen LogP contribution is 2.15. The molecule has 0 aliphatic carbocycles. The van der Waals surface area contributed by atoms with Gasteiger partial charge in [0.2, 0.25) is 0 Å². The molecule has 0 aliphatic heterocycles. The lowest BCUT2D eigenvalue weighted by Crippen LogP contribution is -2.29. The molecule has 0 amide bonds. The minimum Gasteiger partial charge on any atom is -0.477 e. The van der Waals surface area contributed by atoms with Crippen molar-refractivity contribution in [3.8, 4) is 0 Å². The summed E-state index contributed by atoms with van der Waals surface area (Å²) in [5.41, 5.74) is 0.415. The van der Waals surface area contributed by atoms with Crippen molar-refractivity contribution in [2.75, 3.05) is 0 Å². The fourth-order valence-electron chi connectivity index (χ4n) is 2.72. The lowest BCUT2D eigenvalue weighted by molar-refractivity contribution is 0.0694. The minimum atomic E-state index is -1.14. The Kier molecular flexibility index (Phi) is 7.92. The Hall–Kier alpha value is -1.58. The quantitative estimate of drug-likeness (QED) is 0.651. The van der Waals surface area contributed by atoms with Gasteiger partial charge in [-0.25, -0.2) is 4.79 Å². The molecule has 1 heterocycles. The maximum absolute atomic E-state index is 12.3. The first-order chi connectivity index (χ1) is 10.5. The standard InChI is InChI=1S/C18H29NO3/c1-4-5-6-7-8-9-10-13-19-16(14(2)3)12-11-15(17(19)20)18(21)22/h11-12,14H,4-10,13H2,1-3H3,(H,21,22). The van der Waals surface area contributed by atoms with E-state index in [9.17, 15) is 9.59 Å². The molecule has 1 aromatic rings. The number of carboxylic acids is 1. The maximum Gasteiger partial charge on any atom is 0.341 e. The van der Waals surface area contributed by atoms with Crippen LogP contribution in [0.5, 0.6) is 0 Å². The first-order valence-electron chi connectivity index (χ1n) is 8.46. The third-order valence-electron chi connectivity index (χ3n) is 4.02. The molecule has 0 spiro atoms. The van der Waals surface area contributed by atoms with Gasteiger partial charge < -0.3 is 9.67 Å². The molecular formula is C18H29NO3. The van der Waals surface area contributed by atoms with Crippen LogP contribution in [0.15, 0.2) is 16.9 Å². The summed E-state index contributed by atoms with van der Waals surface area (Å²) in [6.45, 7) is 6.86. The van der Waals surface area contributed by atoms with Gasteiger partial charge in [0, 0.05) is 12.2 Å².